The summed E-state index contributed by atoms with van der Waals surface area (Å²) in [5, 5.41) is 2.82. The second-order valence-corrected chi connectivity index (χ2v) is 5.20. The van der Waals surface area contributed by atoms with Crippen LogP contribution < -0.4 is 11.1 Å². The van der Waals surface area contributed by atoms with E-state index in [1.807, 2.05) is 7.05 Å². The number of rotatable bonds is 1. The summed E-state index contributed by atoms with van der Waals surface area (Å²) in [5.74, 6) is -1.22. The van der Waals surface area contributed by atoms with E-state index < -0.39 is 11.8 Å². The number of nitrogen functional groups attached to an aromatic ring is 1. The van der Waals surface area contributed by atoms with Gasteiger partial charge in [0.15, 0.2) is 0 Å². The van der Waals surface area contributed by atoms with Gasteiger partial charge in [0.05, 0.1) is 10.7 Å². The Morgan fingerprint density at radius 1 is 1.25 bits per heavy atom. The summed E-state index contributed by atoms with van der Waals surface area (Å²) in [6.45, 7) is 2.64. The highest BCUT2D eigenvalue weighted by Crippen LogP contribution is 2.24. The van der Waals surface area contributed by atoms with Crippen LogP contribution in [0.25, 0.3) is 0 Å². The van der Waals surface area contributed by atoms with E-state index in [9.17, 15) is 9.59 Å². The van der Waals surface area contributed by atoms with Crippen molar-refractivity contribution in [2.75, 3.05) is 44.3 Å². The van der Waals surface area contributed by atoms with Gasteiger partial charge >= 0.3 is 11.8 Å². The van der Waals surface area contributed by atoms with Crippen molar-refractivity contribution in [3.63, 3.8) is 0 Å². The van der Waals surface area contributed by atoms with Gasteiger partial charge in [-0.05, 0) is 25.2 Å². The zero-order valence-electron chi connectivity index (χ0n) is 11.2. The molecule has 2 rings (SSSR count). The van der Waals surface area contributed by atoms with Crippen molar-refractivity contribution in [3.8, 4) is 0 Å². The van der Waals surface area contributed by atoms with E-state index in [0.29, 0.717) is 29.5 Å². The van der Waals surface area contributed by atoms with E-state index in [2.05, 4.69) is 10.2 Å². The fourth-order valence-corrected chi connectivity index (χ4v) is 2.20. The maximum Gasteiger partial charge on any atom is 0.313 e. The topological polar surface area (TPSA) is 78.7 Å². The minimum atomic E-state index is -0.679. The van der Waals surface area contributed by atoms with Crippen LogP contribution >= 0.6 is 11.6 Å². The standard InChI is InChI=1S/C13H17ClN4O2/c1-17-4-6-18(7-5-17)13(20)12(19)16-11-3-2-9(15)8-10(11)14/h2-3,8H,4-7,15H2,1H3,(H,16,19). The van der Waals surface area contributed by atoms with Crippen LogP contribution in [0.2, 0.25) is 5.02 Å². The highest BCUT2D eigenvalue weighted by atomic mass is 35.5. The van der Waals surface area contributed by atoms with E-state index in [-0.39, 0.29) is 0 Å². The number of carbonyl (C=O) groups is 2. The third kappa shape index (κ3) is 3.40. The second-order valence-electron chi connectivity index (χ2n) is 4.79. The molecular formula is C13H17ClN4O2. The molecule has 0 bridgehead atoms. The van der Waals surface area contributed by atoms with Gasteiger partial charge in [-0.15, -0.1) is 0 Å². The van der Waals surface area contributed by atoms with Crippen LogP contribution in [0.3, 0.4) is 0 Å². The van der Waals surface area contributed by atoms with Gasteiger partial charge < -0.3 is 20.9 Å². The van der Waals surface area contributed by atoms with Crippen LogP contribution in [0.4, 0.5) is 11.4 Å². The van der Waals surface area contributed by atoms with E-state index in [1.165, 1.54) is 6.07 Å². The summed E-state index contributed by atoms with van der Waals surface area (Å²) in [5.41, 5.74) is 6.45. The maximum atomic E-state index is 12.0. The molecule has 0 radical (unpaired) electrons. The molecule has 0 spiro atoms. The maximum absolute atomic E-state index is 12.0. The van der Waals surface area contributed by atoms with Crippen LogP contribution in [-0.2, 0) is 9.59 Å². The highest BCUT2D eigenvalue weighted by Gasteiger charge is 2.25. The van der Waals surface area contributed by atoms with E-state index in [4.69, 9.17) is 17.3 Å². The molecule has 0 atom stereocenters. The van der Waals surface area contributed by atoms with Gasteiger partial charge in [-0.3, -0.25) is 9.59 Å². The monoisotopic (exact) mass is 296 g/mol. The fraction of sp³-hybridized carbons (Fsp3) is 0.385. The van der Waals surface area contributed by atoms with Gasteiger partial charge in [-0.1, -0.05) is 11.6 Å². The van der Waals surface area contributed by atoms with Gasteiger partial charge in [-0.2, -0.15) is 0 Å². The lowest BCUT2D eigenvalue weighted by molar-refractivity contribution is -0.144. The molecule has 1 aliphatic rings. The lowest BCUT2D eigenvalue weighted by Gasteiger charge is -2.31. The number of benzene rings is 1. The van der Waals surface area contributed by atoms with Crippen LogP contribution in [0.1, 0.15) is 0 Å². The summed E-state index contributed by atoms with van der Waals surface area (Å²) in [6, 6.07) is 4.71. The molecule has 6 nitrogen and oxygen atoms in total. The second kappa shape index (κ2) is 6.11. The van der Waals surface area contributed by atoms with Crippen molar-refractivity contribution < 1.29 is 9.59 Å². The first kappa shape index (κ1) is 14.6. The lowest BCUT2D eigenvalue weighted by atomic mass is 10.2. The number of amides is 2. The zero-order chi connectivity index (χ0) is 14.7. The summed E-state index contributed by atoms with van der Waals surface area (Å²) < 4.78 is 0. The Balaban J connectivity index is 1.99. The molecular weight excluding hydrogens is 280 g/mol. The van der Waals surface area contributed by atoms with Crippen molar-refractivity contribution in [3.05, 3.63) is 23.2 Å². The predicted molar refractivity (Wildman–Crippen MR) is 78.6 cm³/mol. The van der Waals surface area contributed by atoms with Crippen LogP contribution in [0.5, 0.6) is 0 Å². The molecule has 3 N–H and O–H groups in total. The van der Waals surface area contributed by atoms with Crippen LogP contribution in [0, 0.1) is 0 Å². The number of nitrogens with zero attached hydrogens (tertiary/aromatic N) is 2. The average Bonchev–Trinajstić information content (AvgIpc) is 2.42. The summed E-state index contributed by atoms with van der Waals surface area (Å²) >= 11 is 5.96. The van der Waals surface area contributed by atoms with Gasteiger partial charge in [0.1, 0.15) is 0 Å². The zero-order valence-corrected chi connectivity index (χ0v) is 12.0. The number of nitrogens with two attached hydrogens (primary N) is 1. The molecule has 1 heterocycles. The molecule has 108 valence electrons. The number of likely N-dealkylation sites (N-methyl/N-ethyl adjacent to an activating group) is 1. The lowest BCUT2D eigenvalue weighted by Crippen LogP contribution is -2.50. The Kier molecular flexibility index (Phi) is 4.46. The molecule has 1 aliphatic heterocycles. The number of hydrogen-bond donors (Lipinski definition) is 2. The number of halogens is 1. The van der Waals surface area contributed by atoms with Gasteiger partial charge in [-0.25, -0.2) is 0 Å². The first-order valence-electron chi connectivity index (χ1n) is 6.31. The Bertz CT molecular complexity index is 527. The average molecular weight is 297 g/mol. The van der Waals surface area contributed by atoms with Gasteiger partial charge in [0, 0.05) is 31.9 Å². The molecule has 1 fully saturated rings. The fourth-order valence-electron chi connectivity index (χ4n) is 1.96. The van der Waals surface area contributed by atoms with Crippen molar-refractivity contribution >= 4 is 34.8 Å². The minimum absolute atomic E-state index is 0.310. The molecule has 1 aromatic rings. The summed E-state index contributed by atoms with van der Waals surface area (Å²) in [6.07, 6.45) is 0. The number of nitrogens with one attached hydrogen (secondary N) is 1. The number of anilines is 2. The van der Waals surface area contributed by atoms with Gasteiger partial charge in [0.2, 0.25) is 0 Å². The molecule has 0 unspecified atom stereocenters. The molecule has 0 aliphatic carbocycles. The molecule has 0 aromatic heterocycles. The summed E-state index contributed by atoms with van der Waals surface area (Å²) in [7, 11) is 1.98. The number of hydrogen-bond acceptors (Lipinski definition) is 4. The molecule has 0 saturated carbocycles. The Morgan fingerprint density at radius 3 is 2.50 bits per heavy atom. The molecule has 1 saturated heterocycles. The normalized spacial score (nSPS) is 16.0. The van der Waals surface area contributed by atoms with Crippen LogP contribution in [-0.4, -0.2) is 54.8 Å². The third-order valence-electron chi connectivity index (χ3n) is 3.23. The van der Waals surface area contributed by atoms with E-state index in [1.54, 1.807) is 17.0 Å². The molecule has 2 amide bonds. The number of piperazine rings is 1. The molecule has 7 heteroatoms. The predicted octanol–water partition coefficient (Wildman–Crippen LogP) is 0.635. The highest BCUT2D eigenvalue weighted by molar-refractivity contribution is 6.41. The molecule has 1 aromatic carbocycles. The van der Waals surface area contributed by atoms with Gasteiger partial charge in [0.25, 0.3) is 0 Å². The Morgan fingerprint density at radius 2 is 1.90 bits per heavy atom. The van der Waals surface area contributed by atoms with E-state index >= 15 is 0 Å². The largest absolute Gasteiger partial charge is 0.399 e. The van der Waals surface area contributed by atoms with Crippen molar-refractivity contribution in [1.82, 2.24) is 9.80 Å². The molecule has 20 heavy (non-hydrogen) atoms. The van der Waals surface area contributed by atoms with E-state index in [0.717, 1.165) is 13.1 Å². The van der Waals surface area contributed by atoms with Crippen LogP contribution in [0.15, 0.2) is 18.2 Å². The minimum Gasteiger partial charge on any atom is -0.399 e. The van der Waals surface area contributed by atoms with Crippen molar-refractivity contribution in [2.24, 2.45) is 0 Å². The van der Waals surface area contributed by atoms with Crippen molar-refractivity contribution in [2.45, 2.75) is 0 Å². The third-order valence-corrected chi connectivity index (χ3v) is 3.54. The summed E-state index contributed by atoms with van der Waals surface area (Å²) in [4.78, 5) is 27.6. The van der Waals surface area contributed by atoms with Crippen molar-refractivity contribution in [1.29, 1.82) is 0 Å². The number of carbonyl (C=O) groups excluding carboxylic acids is 2. The first-order chi connectivity index (χ1) is 9.47. The smallest absolute Gasteiger partial charge is 0.313 e. The first-order valence-corrected chi connectivity index (χ1v) is 6.69. The Labute approximate surface area is 122 Å². The SMILES string of the molecule is CN1CCN(C(=O)C(=O)Nc2ccc(N)cc2Cl)CC1. The quantitative estimate of drug-likeness (QED) is 0.589. The Hall–Kier alpha value is -1.79.